The van der Waals surface area contributed by atoms with Gasteiger partial charge >= 0.3 is 5.97 Å². The first-order chi connectivity index (χ1) is 14.4. The van der Waals surface area contributed by atoms with Gasteiger partial charge in [0.15, 0.2) is 0 Å². The zero-order valence-corrected chi connectivity index (χ0v) is 18.0. The normalized spacial score (nSPS) is 16.9. The zero-order chi connectivity index (χ0) is 21.3. The van der Waals surface area contributed by atoms with Crippen molar-refractivity contribution in [3.05, 3.63) is 57.6 Å². The van der Waals surface area contributed by atoms with E-state index in [0.717, 1.165) is 30.1 Å². The van der Waals surface area contributed by atoms with Crippen molar-refractivity contribution in [2.24, 2.45) is 0 Å². The number of pyridine rings is 2. The van der Waals surface area contributed by atoms with Crippen LogP contribution in [0, 0.1) is 0 Å². The predicted octanol–water partition coefficient (Wildman–Crippen LogP) is 3.54. The Morgan fingerprint density at radius 2 is 2.10 bits per heavy atom. The minimum absolute atomic E-state index is 0.0247. The Labute approximate surface area is 178 Å². The van der Waals surface area contributed by atoms with E-state index < -0.39 is 5.97 Å². The lowest BCUT2D eigenvalue weighted by molar-refractivity contribution is 0.0325. The van der Waals surface area contributed by atoms with E-state index in [1.807, 2.05) is 38.4 Å². The quantitative estimate of drug-likeness (QED) is 0.630. The fourth-order valence-electron chi connectivity index (χ4n) is 3.59. The van der Waals surface area contributed by atoms with Gasteiger partial charge in [-0.1, -0.05) is 13.8 Å². The number of likely N-dealkylation sites (N-methyl/N-ethyl adjacent to an activating group) is 1. The van der Waals surface area contributed by atoms with Crippen molar-refractivity contribution in [2.45, 2.75) is 32.3 Å². The molecule has 3 aromatic rings. The molecule has 8 heteroatoms. The highest BCUT2D eigenvalue weighted by Crippen LogP contribution is 2.29. The number of carbonyl (C=O) groups excluding carboxylic acids is 1. The summed E-state index contributed by atoms with van der Waals surface area (Å²) in [6, 6.07) is 5.37. The van der Waals surface area contributed by atoms with E-state index in [9.17, 15) is 9.59 Å². The standard InChI is InChI=1S/C22H24N4O3S/c1-13(2)19-17(22(28)29-15-6-9-26(3)11-15)10-16(20(27)25-19)18-12-30-21(24-18)14-4-7-23-8-5-14/h4-5,7-8,10,12-13,15H,6,9,11H2,1-3H3,(H,25,27). The molecule has 30 heavy (non-hydrogen) atoms. The second-order valence-electron chi connectivity index (χ2n) is 7.85. The lowest BCUT2D eigenvalue weighted by Gasteiger charge is -2.16. The second kappa shape index (κ2) is 8.49. The molecular weight excluding hydrogens is 400 g/mol. The number of ether oxygens (including phenoxy) is 1. The zero-order valence-electron chi connectivity index (χ0n) is 17.2. The number of hydrogen-bond acceptors (Lipinski definition) is 7. The van der Waals surface area contributed by atoms with Gasteiger partial charge in [0.1, 0.15) is 11.1 Å². The molecule has 0 spiro atoms. The molecule has 7 nitrogen and oxygen atoms in total. The van der Waals surface area contributed by atoms with Gasteiger partial charge in [-0.25, -0.2) is 9.78 Å². The summed E-state index contributed by atoms with van der Waals surface area (Å²) in [6.07, 6.45) is 4.09. The Kier molecular flexibility index (Phi) is 5.78. The van der Waals surface area contributed by atoms with Crippen LogP contribution in [0.4, 0.5) is 0 Å². The van der Waals surface area contributed by atoms with Crippen molar-refractivity contribution < 1.29 is 9.53 Å². The van der Waals surface area contributed by atoms with Crippen LogP contribution in [0.2, 0.25) is 0 Å². The summed E-state index contributed by atoms with van der Waals surface area (Å²) in [5, 5.41) is 2.62. The molecule has 3 aromatic heterocycles. The van der Waals surface area contributed by atoms with Crippen LogP contribution >= 0.6 is 11.3 Å². The number of nitrogens with zero attached hydrogens (tertiary/aromatic N) is 3. The van der Waals surface area contributed by atoms with E-state index in [1.54, 1.807) is 18.5 Å². The molecule has 1 saturated heterocycles. The number of H-pyrrole nitrogens is 1. The first-order valence-electron chi connectivity index (χ1n) is 9.95. The highest BCUT2D eigenvalue weighted by Gasteiger charge is 2.26. The van der Waals surface area contributed by atoms with Gasteiger partial charge in [-0.05, 0) is 37.6 Å². The van der Waals surface area contributed by atoms with Crippen LogP contribution in [-0.4, -0.2) is 52.1 Å². The Balaban J connectivity index is 1.69. The average Bonchev–Trinajstić information content (AvgIpc) is 3.37. The largest absolute Gasteiger partial charge is 0.457 e. The van der Waals surface area contributed by atoms with Crippen molar-refractivity contribution in [2.75, 3.05) is 20.1 Å². The Morgan fingerprint density at radius 1 is 1.33 bits per heavy atom. The smallest absolute Gasteiger partial charge is 0.340 e. The van der Waals surface area contributed by atoms with E-state index in [4.69, 9.17) is 4.74 Å². The maximum absolute atomic E-state index is 13.0. The number of nitrogens with one attached hydrogen (secondary N) is 1. The monoisotopic (exact) mass is 424 g/mol. The first kappa shape index (κ1) is 20.4. The molecule has 1 aliphatic heterocycles. The molecule has 1 aliphatic rings. The minimum Gasteiger partial charge on any atom is -0.457 e. The van der Waals surface area contributed by atoms with E-state index in [1.165, 1.54) is 11.3 Å². The number of likely N-dealkylation sites (tertiary alicyclic amines) is 1. The van der Waals surface area contributed by atoms with Gasteiger partial charge in [0.25, 0.3) is 5.56 Å². The van der Waals surface area contributed by atoms with Crippen molar-refractivity contribution in [3.63, 3.8) is 0 Å². The molecule has 1 fully saturated rings. The summed E-state index contributed by atoms with van der Waals surface area (Å²) < 4.78 is 5.74. The van der Waals surface area contributed by atoms with E-state index in [2.05, 4.69) is 19.9 Å². The molecule has 0 bridgehead atoms. The maximum atomic E-state index is 13.0. The van der Waals surface area contributed by atoms with Crippen LogP contribution in [0.1, 0.15) is 42.2 Å². The van der Waals surface area contributed by atoms with Crippen molar-refractivity contribution in [1.29, 1.82) is 0 Å². The van der Waals surface area contributed by atoms with Crippen molar-refractivity contribution in [1.82, 2.24) is 19.9 Å². The average molecular weight is 425 g/mol. The van der Waals surface area contributed by atoms with Crippen LogP contribution in [0.15, 0.2) is 40.8 Å². The van der Waals surface area contributed by atoms with Crippen LogP contribution in [-0.2, 0) is 4.74 Å². The third-order valence-corrected chi connectivity index (χ3v) is 6.09. The number of thiazole rings is 1. The van der Waals surface area contributed by atoms with Crippen molar-refractivity contribution >= 4 is 17.3 Å². The SMILES string of the molecule is CC(C)c1[nH]c(=O)c(-c2csc(-c3ccncc3)n2)cc1C(=O)OC1CCN(C)C1. The third-order valence-electron chi connectivity index (χ3n) is 5.20. The number of aromatic nitrogens is 3. The Morgan fingerprint density at radius 3 is 2.77 bits per heavy atom. The number of aromatic amines is 1. The number of esters is 1. The molecule has 156 valence electrons. The third kappa shape index (κ3) is 4.20. The summed E-state index contributed by atoms with van der Waals surface area (Å²) in [5.74, 6) is -0.426. The maximum Gasteiger partial charge on any atom is 0.340 e. The fraction of sp³-hybridized carbons (Fsp3) is 0.364. The van der Waals surface area contributed by atoms with Gasteiger partial charge in [0, 0.05) is 42.1 Å². The molecule has 0 aromatic carbocycles. The summed E-state index contributed by atoms with van der Waals surface area (Å²) in [6.45, 7) is 5.51. The summed E-state index contributed by atoms with van der Waals surface area (Å²) >= 11 is 1.44. The topological polar surface area (TPSA) is 88.2 Å². The Bertz CT molecular complexity index is 1110. The van der Waals surface area contributed by atoms with Crippen LogP contribution < -0.4 is 5.56 Å². The van der Waals surface area contributed by atoms with E-state index >= 15 is 0 Å². The number of rotatable bonds is 5. The predicted molar refractivity (Wildman–Crippen MR) is 117 cm³/mol. The molecule has 1 atom stereocenters. The molecule has 4 heterocycles. The fourth-order valence-corrected chi connectivity index (χ4v) is 4.42. The summed E-state index contributed by atoms with van der Waals surface area (Å²) in [5.41, 5.74) is 2.56. The molecular formula is C22H24N4O3S. The van der Waals surface area contributed by atoms with E-state index in [0.29, 0.717) is 22.5 Å². The molecule has 4 rings (SSSR count). The number of hydrogen-bond donors (Lipinski definition) is 1. The van der Waals surface area contributed by atoms with Gasteiger partial charge in [-0.3, -0.25) is 9.78 Å². The van der Waals surface area contributed by atoms with Gasteiger partial charge in [-0.15, -0.1) is 11.3 Å². The lowest BCUT2D eigenvalue weighted by atomic mass is 10.0. The molecule has 1 N–H and O–H groups in total. The number of carbonyl (C=O) groups is 1. The molecule has 0 radical (unpaired) electrons. The van der Waals surface area contributed by atoms with Gasteiger partial charge < -0.3 is 14.6 Å². The van der Waals surface area contributed by atoms with Crippen LogP contribution in [0.5, 0.6) is 0 Å². The minimum atomic E-state index is -0.402. The van der Waals surface area contributed by atoms with E-state index in [-0.39, 0.29) is 17.6 Å². The highest BCUT2D eigenvalue weighted by molar-refractivity contribution is 7.13. The molecule has 0 aliphatic carbocycles. The molecule has 0 amide bonds. The van der Waals surface area contributed by atoms with Crippen LogP contribution in [0.3, 0.4) is 0 Å². The van der Waals surface area contributed by atoms with Crippen molar-refractivity contribution in [3.8, 4) is 21.8 Å². The van der Waals surface area contributed by atoms with Gasteiger partial charge in [0.2, 0.25) is 0 Å². The summed E-state index contributed by atoms with van der Waals surface area (Å²) in [7, 11) is 2.01. The second-order valence-corrected chi connectivity index (χ2v) is 8.70. The molecule has 1 unspecified atom stereocenters. The lowest BCUT2D eigenvalue weighted by Crippen LogP contribution is -2.25. The highest BCUT2D eigenvalue weighted by atomic mass is 32.1. The summed E-state index contributed by atoms with van der Waals surface area (Å²) in [4.78, 5) is 39.4. The van der Waals surface area contributed by atoms with Gasteiger partial charge in [0.05, 0.1) is 16.8 Å². The first-order valence-corrected chi connectivity index (χ1v) is 10.8. The molecule has 0 saturated carbocycles. The van der Waals surface area contributed by atoms with Crippen LogP contribution in [0.25, 0.3) is 21.8 Å². The Hall–Kier alpha value is -2.84. The van der Waals surface area contributed by atoms with Gasteiger partial charge in [-0.2, -0.15) is 0 Å².